The minimum Gasteiger partial charge on any atom is -0.508 e. The highest BCUT2D eigenvalue weighted by Crippen LogP contribution is 2.50. The third-order valence-electron chi connectivity index (χ3n) is 17.8. The number of ether oxygens (including phenoxy) is 6. The number of primary amides is 1. The van der Waals surface area contributed by atoms with Crippen LogP contribution in [0.3, 0.4) is 0 Å². The van der Waals surface area contributed by atoms with Gasteiger partial charge in [-0.2, -0.15) is 0 Å². The van der Waals surface area contributed by atoms with E-state index in [4.69, 9.17) is 63.1 Å². The molecular formula is C66H75Cl2N9O24. The first-order chi connectivity index (χ1) is 47.7. The Hall–Kier alpha value is -9.20. The van der Waals surface area contributed by atoms with E-state index in [9.17, 15) is 70.2 Å². The summed E-state index contributed by atoms with van der Waals surface area (Å²) >= 11 is 14.2. The van der Waals surface area contributed by atoms with Crippen LogP contribution in [0.2, 0.25) is 10.0 Å². The third-order valence-corrected chi connectivity index (χ3v) is 18.4. The number of benzene rings is 5. The highest BCUT2D eigenvalue weighted by molar-refractivity contribution is 6.32. The van der Waals surface area contributed by atoms with Crippen LogP contribution in [0, 0.1) is 5.92 Å². The van der Waals surface area contributed by atoms with Gasteiger partial charge in [0.15, 0.2) is 23.8 Å². The van der Waals surface area contributed by atoms with Gasteiger partial charge in [0.2, 0.25) is 53.4 Å². The molecule has 7 amide bonds. The highest BCUT2D eigenvalue weighted by atomic mass is 35.5. The molecule has 33 nitrogen and oxygen atoms in total. The van der Waals surface area contributed by atoms with Gasteiger partial charge in [-0.25, -0.2) is 4.79 Å². The molecule has 0 spiro atoms. The molecule has 0 radical (unpaired) electrons. The second-order valence-corrected chi connectivity index (χ2v) is 26.5. The second-order valence-electron chi connectivity index (χ2n) is 25.7. The van der Waals surface area contributed by atoms with E-state index in [1.165, 1.54) is 45.2 Å². The summed E-state index contributed by atoms with van der Waals surface area (Å²) < 4.78 is 38.0. The Kier molecular flexibility index (Phi) is 22.2. The number of hydrogen-bond donors (Lipinski definition) is 19. The molecule has 5 aromatic rings. The van der Waals surface area contributed by atoms with Gasteiger partial charge in [0.05, 0.1) is 41.3 Å². The van der Waals surface area contributed by atoms with Crippen molar-refractivity contribution in [3.63, 3.8) is 0 Å². The summed E-state index contributed by atoms with van der Waals surface area (Å²) in [5.41, 5.74) is 8.15. The van der Waals surface area contributed by atoms with Crippen molar-refractivity contribution in [2.24, 2.45) is 17.4 Å². The molecule has 35 heteroatoms. The Balaban J connectivity index is 1.26. The predicted octanol–water partition coefficient (Wildman–Crippen LogP) is 0.106. The van der Waals surface area contributed by atoms with Crippen molar-refractivity contribution >= 4 is 70.5 Å². The number of hydrogen-bond acceptors (Lipinski definition) is 25. The number of aliphatic carboxylic acids is 1. The fraction of sp³-hybridized carbons (Fsp3) is 0.424. The zero-order valence-electron chi connectivity index (χ0n) is 54.3. The Morgan fingerprint density at radius 3 is 1.93 bits per heavy atom. The molecule has 0 aliphatic carbocycles. The molecule has 7 heterocycles. The maximum Gasteiger partial charge on any atom is 0.330 e. The Bertz CT molecular complexity index is 4070. The average molecular weight is 1450 g/mol. The monoisotopic (exact) mass is 1450 g/mol. The topological polar surface area (TPSA) is 530 Å². The number of fused-ring (bicyclic) bond motifs is 15. The molecule has 7 aliphatic rings. The number of carboxylic acids is 1. The number of halogens is 2. The molecule has 0 aromatic heterocycles. The standard InChI is InChI=1S/C66H75Cl2N9O24/c1-23(2)12-34(71-5)58(88)76-49-51(83)26-7-10-38(32(67)14-26)97-40-16-28-17-41(56(40)101-65-54(86)53(85)52(84)42(22-78)99-65)98-39-11-8-27(15-33(39)68)55(100-44-21-66(4,70)57(87)24(3)96-44)50-63(93)75-48(64(94)95)31-18-29(79)19-37(81)45(31)30-13-25(6-9-36(30)80)46(60(90)77-50)74-61(91)47(28)73-59(89)35(20-43(69)82)72-62(49)92/h6-11,13-19,23-24,34-35,42,44,46-55,57,65,71,78-81,83-87H,12,20-22,70H2,1-5H3,(H2,69,82)(H,72,92)(H,73,89)(H,74,91)(H,75,93)(H,76,88)(H,77,90)(H,94,95)/t24-,34+,35-,42+,44-,46+,47+,48-,49+,50-,51+,52-,53-,54+,55+,57-,65-,66-/m0/s1. The van der Waals surface area contributed by atoms with Gasteiger partial charge < -0.3 is 128 Å². The highest BCUT2D eigenvalue weighted by Gasteiger charge is 2.49. The first-order valence-electron chi connectivity index (χ1n) is 31.6. The minimum absolute atomic E-state index is 0.0953. The second kappa shape index (κ2) is 30.2. The lowest BCUT2D eigenvalue weighted by atomic mass is 9.86. The van der Waals surface area contributed by atoms with Crippen molar-refractivity contribution in [1.29, 1.82) is 0 Å². The molecule has 18 atom stereocenters. The maximum absolute atomic E-state index is 16.1. The Morgan fingerprint density at radius 1 is 0.713 bits per heavy atom. The molecule has 7 aliphatic heterocycles. The number of aliphatic hydroxyl groups excluding tert-OH is 6. The molecule has 21 N–H and O–H groups in total. The summed E-state index contributed by atoms with van der Waals surface area (Å²) in [6.07, 6.45) is -19.0. The number of aromatic hydroxyl groups is 3. The molecular weight excluding hydrogens is 1370 g/mol. The number of phenolic OH excluding ortho intramolecular Hbond substituents is 3. The van der Waals surface area contributed by atoms with Crippen LogP contribution in [0.5, 0.6) is 46.0 Å². The molecule has 0 saturated carbocycles. The number of carboxylic acid groups (broad SMARTS) is 1. The van der Waals surface area contributed by atoms with Gasteiger partial charge in [0.1, 0.15) is 95.6 Å². The molecule has 12 rings (SSSR count). The van der Waals surface area contributed by atoms with E-state index in [0.717, 1.165) is 54.6 Å². The molecule has 5 aromatic carbocycles. The lowest BCUT2D eigenvalue weighted by molar-refractivity contribution is -0.277. The maximum atomic E-state index is 16.1. The van der Waals surface area contributed by atoms with Gasteiger partial charge >= 0.3 is 5.97 Å². The van der Waals surface area contributed by atoms with Gasteiger partial charge in [-0.05, 0) is 110 Å². The zero-order chi connectivity index (χ0) is 73.5. The summed E-state index contributed by atoms with van der Waals surface area (Å²) in [6, 6.07) is -0.386. The van der Waals surface area contributed by atoms with E-state index in [0.29, 0.717) is 0 Å². The minimum atomic E-state index is -2.35. The van der Waals surface area contributed by atoms with Crippen molar-refractivity contribution in [2.45, 2.75) is 156 Å². The smallest absolute Gasteiger partial charge is 0.330 e. The van der Waals surface area contributed by atoms with E-state index in [1.807, 2.05) is 13.8 Å². The lowest BCUT2D eigenvalue weighted by Gasteiger charge is -2.44. The van der Waals surface area contributed by atoms with E-state index < -0.39 is 231 Å². The van der Waals surface area contributed by atoms with Gasteiger partial charge in [-0.15, -0.1) is 0 Å². The van der Waals surface area contributed by atoms with E-state index in [-0.39, 0.29) is 52.0 Å². The fourth-order valence-corrected chi connectivity index (χ4v) is 12.9. The van der Waals surface area contributed by atoms with Crippen LogP contribution in [-0.4, -0.2) is 191 Å². The predicted molar refractivity (Wildman–Crippen MR) is 349 cm³/mol. The lowest BCUT2D eigenvalue weighted by Crippen LogP contribution is -2.61. The quantitative estimate of drug-likeness (QED) is 0.0743. The number of phenols is 3. The van der Waals surface area contributed by atoms with Crippen LogP contribution in [0.1, 0.15) is 105 Å². The van der Waals surface area contributed by atoms with E-state index in [2.05, 4.69) is 37.2 Å². The molecule has 0 unspecified atom stereocenters. The summed E-state index contributed by atoms with van der Waals surface area (Å²) in [7, 11) is 1.47. The van der Waals surface area contributed by atoms with Crippen LogP contribution in [0.4, 0.5) is 0 Å². The first-order valence-corrected chi connectivity index (χ1v) is 32.4. The van der Waals surface area contributed by atoms with Crippen molar-refractivity contribution in [3.05, 3.63) is 117 Å². The normalized spacial score (nSPS) is 29.4. The Morgan fingerprint density at radius 2 is 1.33 bits per heavy atom. The largest absolute Gasteiger partial charge is 0.508 e. The van der Waals surface area contributed by atoms with Crippen LogP contribution in [0.25, 0.3) is 11.1 Å². The van der Waals surface area contributed by atoms with Crippen molar-refractivity contribution in [1.82, 2.24) is 37.2 Å². The van der Waals surface area contributed by atoms with Crippen molar-refractivity contribution in [2.75, 3.05) is 13.7 Å². The number of aliphatic hydroxyl groups is 6. The molecule has 101 heavy (non-hydrogen) atoms. The average Bonchev–Trinajstić information content (AvgIpc) is 0.770. The van der Waals surface area contributed by atoms with Gasteiger partial charge in [0.25, 0.3) is 0 Å². The van der Waals surface area contributed by atoms with Crippen LogP contribution >= 0.6 is 23.2 Å². The van der Waals surface area contributed by atoms with Crippen LogP contribution < -0.4 is 62.9 Å². The van der Waals surface area contributed by atoms with Gasteiger partial charge in [-0.1, -0.05) is 55.2 Å². The zero-order valence-corrected chi connectivity index (χ0v) is 55.8. The SMILES string of the molecule is CN[C@H](CC(C)C)C(=O)N[C@H]1C(=O)N[C@@H](CC(N)=O)C(=O)N[C@H]2C(=O)N[C@H]3C(=O)N[C@H](C(=O)N[C@H](C(=O)O)c4cc(O)cc(O)c4-c4cc3ccc4O)[C@H](O[C@H]3C[C@](C)(N)[C@@H](O)[C@H](C)O3)c3ccc(c(Cl)c3)Oc3cc2cc(c3O[C@@H]2O[C@H](CO)[C@H](O)[C@H](O)[C@H]2O)Oc2ccc(cc2Cl)[C@H]1O. The fourth-order valence-electron chi connectivity index (χ4n) is 12.5. The van der Waals surface area contributed by atoms with E-state index in [1.54, 1.807) is 0 Å². The Labute approximate surface area is 584 Å². The summed E-state index contributed by atoms with van der Waals surface area (Å²) in [5, 5.41) is 129. The van der Waals surface area contributed by atoms with E-state index >= 15 is 19.2 Å². The summed E-state index contributed by atoms with van der Waals surface area (Å²) in [5.74, 6) is -16.0. The summed E-state index contributed by atoms with van der Waals surface area (Å²) in [6.45, 7) is 5.60. The number of likely N-dealkylation sites (N-methyl/N-ethyl adjacent to an activating group) is 1. The number of carbonyl (C=O) groups excluding carboxylic acids is 7. The van der Waals surface area contributed by atoms with Crippen LogP contribution in [-0.2, 0) is 52.6 Å². The number of rotatable bonds is 13. The molecule has 11 bridgehead atoms. The van der Waals surface area contributed by atoms with Crippen LogP contribution in [0.15, 0.2) is 78.9 Å². The number of nitrogens with two attached hydrogens (primary N) is 2. The van der Waals surface area contributed by atoms with Crippen molar-refractivity contribution < 1.29 is 118 Å². The number of nitrogens with one attached hydrogen (secondary N) is 7. The number of carbonyl (C=O) groups is 8. The van der Waals surface area contributed by atoms with Gasteiger partial charge in [0, 0.05) is 34.7 Å². The first kappa shape index (κ1) is 74.5. The molecule has 2 saturated heterocycles. The third kappa shape index (κ3) is 15.8. The van der Waals surface area contributed by atoms with Crippen molar-refractivity contribution in [3.8, 4) is 57.1 Å². The molecule has 2 fully saturated rings. The summed E-state index contributed by atoms with van der Waals surface area (Å²) in [4.78, 5) is 118. The molecule has 542 valence electrons. The number of amides is 7. The van der Waals surface area contributed by atoms with Gasteiger partial charge in [-0.3, -0.25) is 33.6 Å².